The quantitative estimate of drug-likeness (QED) is 0.580. The van der Waals surface area contributed by atoms with Gasteiger partial charge in [-0.3, -0.25) is 9.59 Å². The standard InChI is InChI=1S/C29H40N4O3/c1-21-26(29(35)31(2)3)8-9-27(30-21)32-14-10-22(11-15-32)18-23-12-16-33(17-13-23)28(34)20-24-6-5-7-25(19-24)36-4/h5-9,19,22-23H,10-18,20H2,1-4H3. The van der Waals surface area contributed by atoms with Gasteiger partial charge in [-0.15, -0.1) is 0 Å². The largest absolute Gasteiger partial charge is 0.497 e. The molecule has 7 heteroatoms. The van der Waals surface area contributed by atoms with Crippen molar-refractivity contribution in [2.75, 3.05) is 52.3 Å². The van der Waals surface area contributed by atoms with Crippen LogP contribution in [-0.4, -0.2) is 74.0 Å². The molecule has 0 radical (unpaired) electrons. The van der Waals surface area contributed by atoms with Gasteiger partial charge in [-0.05, 0) is 80.7 Å². The van der Waals surface area contributed by atoms with Gasteiger partial charge in [0.25, 0.3) is 5.91 Å². The molecule has 0 spiro atoms. The molecule has 0 atom stereocenters. The number of pyridine rings is 1. The van der Waals surface area contributed by atoms with Crippen LogP contribution in [-0.2, 0) is 11.2 Å². The van der Waals surface area contributed by atoms with Crippen molar-refractivity contribution in [2.45, 2.75) is 45.4 Å². The lowest BCUT2D eigenvalue weighted by atomic mass is 9.82. The number of carbonyl (C=O) groups excluding carboxylic acids is 2. The lowest BCUT2D eigenvalue weighted by Crippen LogP contribution is -2.40. The van der Waals surface area contributed by atoms with E-state index in [0.717, 1.165) is 67.8 Å². The fourth-order valence-electron chi connectivity index (χ4n) is 5.55. The molecule has 194 valence electrons. The van der Waals surface area contributed by atoms with Crippen LogP contribution < -0.4 is 9.64 Å². The molecule has 1 aromatic carbocycles. The van der Waals surface area contributed by atoms with E-state index in [-0.39, 0.29) is 11.8 Å². The first-order valence-corrected chi connectivity index (χ1v) is 13.2. The van der Waals surface area contributed by atoms with Crippen LogP contribution in [0.1, 0.15) is 53.7 Å². The molecule has 2 aliphatic rings. The maximum atomic E-state index is 12.8. The molecule has 0 N–H and O–H groups in total. The Morgan fingerprint density at radius 2 is 1.67 bits per heavy atom. The van der Waals surface area contributed by atoms with Crippen molar-refractivity contribution in [2.24, 2.45) is 11.8 Å². The summed E-state index contributed by atoms with van der Waals surface area (Å²) in [5, 5.41) is 0. The van der Waals surface area contributed by atoms with Crippen LogP contribution in [0.5, 0.6) is 5.75 Å². The lowest BCUT2D eigenvalue weighted by molar-refractivity contribution is -0.131. The Bertz CT molecular complexity index is 1050. The Hall–Kier alpha value is -3.09. The summed E-state index contributed by atoms with van der Waals surface area (Å²) >= 11 is 0. The average Bonchev–Trinajstić information content (AvgIpc) is 2.89. The number of anilines is 1. The Morgan fingerprint density at radius 1 is 1.00 bits per heavy atom. The molecule has 1 aromatic heterocycles. The molecule has 2 amide bonds. The maximum Gasteiger partial charge on any atom is 0.255 e. The number of nitrogens with zero attached hydrogens (tertiary/aromatic N) is 4. The van der Waals surface area contributed by atoms with Gasteiger partial charge in [0.15, 0.2) is 0 Å². The zero-order valence-electron chi connectivity index (χ0n) is 22.2. The van der Waals surface area contributed by atoms with Gasteiger partial charge >= 0.3 is 0 Å². The molecule has 3 heterocycles. The van der Waals surface area contributed by atoms with Gasteiger partial charge in [-0.25, -0.2) is 4.98 Å². The monoisotopic (exact) mass is 492 g/mol. The maximum absolute atomic E-state index is 12.8. The number of amides is 2. The SMILES string of the molecule is COc1cccc(CC(=O)N2CCC(CC3CCN(c4ccc(C(=O)N(C)C)c(C)n4)CC3)CC2)c1. The highest BCUT2D eigenvalue weighted by molar-refractivity contribution is 5.95. The van der Waals surface area contributed by atoms with Crippen molar-refractivity contribution in [1.82, 2.24) is 14.8 Å². The van der Waals surface area contributed by atoms with Crippen molar-refractivity contribution >= 4 is 17.6 Å². The number of aryl methyl sites for hydroxylation is 1. The summed E-state index contributed by atoms with van der Waals surface area (Å²) in [5.41, 5.74) is 2.48. The molecule has 2 aliphatic heterocycles. The van der Waals surface area contributed by atoms with Gasteiger partial charge in [-0.1, -0.05) is 12.1 Å². The summed E-state index contributed by atoms with van der Waals surface area (Å²) in [6, 6.07) is 11.7. The molecule has 0 unspecified atom stereocenters. The van der Waals surface area contributed by atoms with Gasteiger partial charge in [0.1, 0.15) is 11.6 Å². The predicted molar refractivity (Wildman–Crippen MR) is 143 cm³/mol. The molecule has 2 aromatic rings. The van der Waals surface area contributed by atoms with Crippen molar-refractivity contribution in [3.63, 3.8) is 0 Å². The highest BCUT2D eigenvalue weighted by atomic mass is 16.5. The Kier molecular flexibility index (Phi) is 8.49. The molecular formula is C29H40N4O3. The molecule has 7 nitrogen and oxygen atoms in total. The van der Waals surface area contributed by atoms with Crippen molar-refractivity contribution in [3.8, 4) is 5.75 Å². The van der Waals surface area contributed by atoms with Gasteiger partial charge in [0.05, 0.1) is 24.8 Å². The first-order valence-electron chi connectivity index (χ1n) is 13.2. The highest BCUT2D eigenvalue weighted by Crippen LogP contribution is 2.31. The number of methoxy groups -OCH3 is 1. The zero-order chi connectivity index (χ0) is 25.7. The van der Waals surface area contributed by atoms with E-state index < -0.39 is 0 Å². The minimum Gasteiger partial charge on any atom is -0.497 e. The van der Waals surface area contributed by atoms with Crippen LogP contribution >= 0.6 is 0 Å². The summed E-state index contributed by atoms with van der Waals surface area (Å²) in [6.45, 7) is 5.67. The number of carbonyl (C=O) groups is 2. The average molecular weight is 493 g/mol. The second kappa shape index (κ2) is 11.8. The fraction of sp³-hybridized carbons (Fsp3) is 0.552. The van der Waals surface area contributed by atoms with Crippen molar-refractivity contribution in [3.05, 3.63) is 53.2 Å². The van der Waals surface area contributed by atoms with Crippen LogP contribution in [0.25, 0.3) is 0 Å². The Labute approximate surface area is 215 Å². The molecule has 0 saturated carbocycles. The molecule has 2 fully saturated rings. The third kappa shape index (κ3) is 6.37. The number of likely N-dealkylation sites (tertiary alicyclic amines) is 1. The second-order valence-corrected chi connectivity index (χ2v) is 10.5. The number of aromatic nitrogens is 1. The number of rotatable bonds is 7. The number of ether oxygens (including phenoxy) is 1. The lowest BCUT2D eigenvalue weighted by Gasteiger charge is -2.37. The molecule has 2 saturated heterocycles. The normalized spacial score (nSPS) is 17.2. The molecular weight excluding hydrogens is 452 g/mol. The van der Waals surface area contributed by atoms with E-state index in [1.54, 1.807) is 26.1 Å². The second-order valence-electron chi connectivity index (χ2n) is 10.5. The summed E-state index contributed by atoms with van der Waals surface area (Å²) in [6.07, 6.45) is 6.26. The number of hydrogen-bond acceptors (Lipinski definition) is 5. The van der Waals surface area contributed by atoms with E-state index in [2.05, 4.69) is 4.90 Å². The van der Waals surface area contributed by atoms with E-state index in [4.69, 9.17) is 9.72 Å². The smallest absolute Gasteiger partial charge is 0.255 e. The van der Waals surface area contributed by atoms with E-state index in [1.807, 2.05) is 48.2 Å². The first-order chi connectivity index (χ1) is 17.3. The third-order valence-electron chi connectivity index (χ3n) is 7.77. The summed E-state index contributed by atoms with van der Waals surface area (Å²) in [7, 11) is 5.19. The van der Waals surface area contributed by atoms with Gasteiger partial charge in [-0.2, -0.15) is 0 Å². The summed E-state index contributed by atoms with van der Waals surface area (Å²) in [4.78, 5) is 35.8. The van der Waals surface area contributed by atoms with Crippen LogP contribution in [0.4, 0.5) is 5.82 Å². The van der Waals surface area contributed by atoms with E-state index in [0.29, 0.717) is 17.9 Å². The van der Waals surface area contributed by atoms with Crippen LogP contribution in [0.3, 0.4) is 0 Å². The minimum atomic E-state index is -0.00157. The predicted octanol–water partition coefficient (Wildman–Crippen LogP) is 4.19. The first kappa shape index (κ1) is 26.0. The molecule has 0 aliphatic carbocycles. The van der Waals surface area contributed by atoms with Crippen LogP contribution in [0, 0.1) is 18.8 Å². The Balaban J connectivity index is 1.21. The highest BCUT2D eigenvalue weighted by Gasteiger charge is 2.27. The minimum absolute atomic E-state index is 0.00157. The summed E-state index contributed by atoms with van der Waals surface area (Å²) < 4.78 is 5.28. The number of benzene rings is 1. The van der Waals surface area contributed by atoms with Gasteiger partial charge in [0.2, 0.25) is 5.91 Å². The van der Waals surface area contributed by atoms with E-state index >= 15 is 0 Å². The fourth-order valence-corrected chi connectivity index (χ4v) is 5.55. The zero-order valence-corrected chi connectivity index (χ0v) is 22.2. The van der Waals surface area contributed by atoms with Gasteiger partial charge < -0.3 is 19.4 Å². The Morgan fingerprint density at radius 3 is 2.28 bits per heavy atom. The van der Waals surface area contributed by atoms with Gasteiger partial charge in [0, 0.05) is 40.3 Å². The molecule has 0 bridgehead atoms. The van der Waals surface area contributed by atoms with Crippen LogP contribution in [0.2, 0.25) is 0 Å². The van der Waals surface area contributed by atoms with Crippen molar-refractivity contribution in [1.29, 1.82) is 0 Å². The summed E-state index contributed by atoms with van der Waals surface area (Å²) in [5.74, 6) is 3.44. The number of piperidine rings is 2. The molecule has 4 rings (SSSR count). The van der Waals surface area contributed by atoms with Crippen LogP contribution in [0.15, 0.2) is 36.4 Å². The molecule has 36 heavy (non-hydrogen) atoms. The number of hydrogen-bond donors (Lipinski definition) is 0. The van der Waals surface area contributed by atoms with E-state index in [9.17, 15) is 9.59 Å². The van der Waals surface area contributed by atoms with Crippen molar-refractivity contribution < 1.29 is 14.3 Å². The van der Waals surface area contributed by atoms with E-state index in [1.165, 1.54) is 19.3 Å². The third-order valence-corrected chi connectivity index (χ3v) is 7.77. The topological polar surface area (TPSA) is 66.0 Å².